The normalized spacial score (nSPS) is 20.8. The zero-order valence-corrected chi connectivity index (χ0v) is 38.7. The van der Waals surface area contributed by atoms with Crippen molar-refractivity contribution in [3.8, 4) is 0 Å². The second-order valence-electron chi connectivity index (χ2n) is 15.6. The number of hydrogen-bond donors (Lipinski definition) is 4. The van der Waals surface area contributed by atoms with E-state index in [4.69, 9.17) is 23.5 Å². The highest BCUT2D eigenvalue weighted by atomic mass is 32.3. The summed E-state index contributed by atoms with van der Waals surface area (Å²) < 4.78 is 59.1. The Hall–Kier alpha value is -2.72. The monoisotopic (exact) mass is 895 g/mol. The highest BCUT2D eigenvalue weighted by Crippen LogP contribution is 2.26. The fourth-order valence-electron chi connectivity index (χ4n) is 6.56. The summed E-state index contributed by atoms with van der Waals surface area (Å²) in [5, 5.41) is 30.7. The molecule has 0 bridgehead atoms. The molecule has 0 aromatic rings. The van der Waals surface area contributed by atoms with Gasteiger partial charge in [-0.1, -0.05) is 150 Å². The van der Waals surface area contributed by atoms with E-state index in [0.29, 0.717) is 13.0 Å². The van der Waals surface area contributed by atoms with Crippen LogP contribution in [0, 0.1) is 0 Å². The van der Waals surface area contributed by atoms with Crippen LogP contribution < -0.4 is 0 Å². The third-order valence-corrected chi connectivity index (χ3v) is 10.5. The predicted molar refractivity (Wildman–Crippen MR) is 248 cm³/mol. The molecule has 0 saturated carbocycles. The first kappa shape index (κ1) is 57.3. The lowest BCUT2D eigenvalue weighted by Crippen LogP contribution is -2.60. The fourth-order valence-corrected chi connectivity index (χ4v) is 7.07. The predicted octanol–water partition coefficient (Wildman–Crippen LogP) is 10.1. The van der Waals surface area contributed by atoms with Gasteiger partial charge in [-0.25, -0.2) is 4.18 Å². The van der Waals surface area contributed by atoms with Crippen LogP contribution in [0.5, 0.6) is 0 Å². The Morgan fingerprint density at radius 1 is 0.613 bits per heavy atom. The lowest BCUT2D eigenvalue weighted by molar-refractivity contribution is -0.301. The molecule has 1 fully saturated rings. The number of aliphatic hydroxyl groups is 3. The van der Waals surface area contributed by atoms with Crippen molar-refractivity contribution < 1.29 is 56.2 Å². The van der Waals surface area contributed by atoms with Crippen molar-refractivity contribution in [1.82, 2.24) is 0 Å². The number of carbonyl (C=O) groups excluding carboxylic acids is 1. The van der Waals surface area contributed by atoms with Gasteiger partial charge in [-0.3, -0.25) is 9.35 Å². The van der Waals surface area contributed by atoms with Crippen molar-refractivity contribution in [3.05, 3.63) is 85.1 Å². The topological polar surface area (TPSA) is 178 Å². The van der Waals surface area contributed by atoms with E-state index in [1.165, 1.54) is 32.1 Å². The van der Waals surface area contributed by atoms with Crippen LogP contribution in [0.15, 0.2) is 85.1 Å². The van der Waals surface area contributed by atoms with E-state index in [-0.39, 0.29) is 19.6 Å². The summed E-state index contributed by atoms with van der Waals surface area (Å²) in [4.78, 5) is 12.9. The number of esters is 1. The molecule has 0 aromatic carbocycles. The molecule has 0 aromatic heterocycles. The molecule has 1 heterocycles. The second kappa shape index (κ2) is 39.8. The van der Waals surface area contributed by atoms with Gasteiger partial charge in [0.15, 0.2) is 6.29 Å². The summed E-state index contributed by atoms with van der Waals surface area (Å²) in [6.45, 7) is 3.70. The summed E-state index contributed by atoms with van der Waals surface area (Å²) in [5.41, 5.74) is 0. The lowest BCUT2D eigenvalue weighted by atomic mass is 9.99. The number of hydrogen-bond acceptors (Lipinski definition) is 11. The van der Waals surface area contributed by atoms with Crippen molar-refractivity contribution in [2.75, 3.05) is 26.4 Å². The molecule has 6 atom stereocenters. The van der Waals surface area contributed by atoms with Crippen molar-refractivity contribution in [1.29, 1.82) is 0 Å². The van der Waals surface area contributed by atoms with E-state index in [9.17, 15) is 28.5 Å². The van der Waals surface area contributed by atoms with Gasteiger partial charge < -0.3 is 34.3 Å². The van der Waals surface area contributed by atoms with Crippen molar-refractivity contribution in [2.24, 2.45) is 0 Å². The van der Waals surface area contributed by atoms with Gasteiger partial charge in [0.05, 0.1) is 19.8 Å². The zero-order chi connectivity index (χ0) is 45.4. The molecule has 0 radical (unpaired) electrons. The Balaban J connectivity index is 2.44. The van der Waals surface area contributed by atoms with E-state index in [1.807, 2.05) is 0 Å². The third-order valence-electron chi connectivity index (χ3n) is 10.0. The van der Waals surface area contributed by atoms with E-state index in [2.05, 4.69) is 103 Å². The smallest absolute Gasteiger partial charge is 0.397 e. The minimum atomic E-state index is -5.07. The van der Waals surface area contributed by atoms with E-state index in [0.717, 1.165) is 96.3 Å². The molecule has 6 unspecified atom stereocenters. The highest BCUT2D eigenvalue weighted by molar-refractivity contribution is 7.80. The molecular formula is C49H82O12S. The van der Waals surface area contributed by atoms with E-state index in [1.54, 1.807) is 0 Å². The molecular weight excluding hydrogens is 813 g/mol. The van der Waals surface area contributed by atoms with Gasteiger partial charge in [-0.15, -0.1) is 0 Å². The summed E-state index contributed by atoms with van der Waals surface area (Å²) in [5.74, 6) is -0.429. The van der Waals surface area contributed by atoms with Gasteiger partial charge in [0.25, 0.3) is 0 Å². The number of allylic oxidation sites excluding steroid dienone is 14. The lowest BCUT2D eigenvalue weighted by Gasteiger charge is -2.41. The van der Waals surface area contributed by atoms with Crippen LogP contribution in [-0.2, 0) is 38.3 Å². The first-order valence-electron chi connectivity index (χ1n) is 23.3. The Kier molecular flexibility index (Phi) is 36.8. The molecule has 0 amide bonds. The van der Waals surface area contributed by atoms with Crippen LogP contribution in [0.1, 0.15) is 155 Å². The molecule has 356 valence electrons. The van der Waals surface area contributed by atoms with Gasteiger partial charge in [0.1, 0.15) is 30.5 Å². The van der Waals surface area contributed by atoms with Gasteiger partial charge >= 0.3 is 16.4 Å². The average molecular weight is 895 g/mol. The summed E-state index contributed by atoms with van der Waals surface area (Å²) in [6, 6.07) is 0. The van der Waals surface area contributed by atoms with Crippen LogP contribution in [0.4, 0.5) is 0 Å². The highest BCUT2D eigenvalue weighted by Gasteiger charge is 2.48. The van der Waals surface area contributed by atoms with Crippen LogP contribution in [-0.4, -0.2) is 97.5 Å². The van der Waals surface area contributed by atoms with Crippen molar-refractivity contribution in [3.63, 3.8) is 0 Å². The van der Waals surface area contributed by atoms with Crippen LogP contribution in [0.3, 0.4) is 0 Å². The SMILES string of the molecule is CC/C=C\C/C=C\C/C=C\C/C=C\CCCCCCC(=O)OC(COCCCCCCCCCC/C=C\C/C=C\C/C=C\CC)COC1OC(CO)C(O)C(OS(=O)(=O)O)C1O. The summed E-state index contributed by atoms with van der Waals surface area (Å²) in [6.07, 6.45) is 43.2. The maximum atomic E-state index is 12.9. The fraction of sp³-hybridized carbons (Fsp3) is 0.694. The van der Waals surface area contributed by atoms with E-state index < -0.39 is 59.8 Å². The molecule has 4 N–H and O–H groups in total. The van der Waals surface area contributed by atoms with Gasteiger partial charge in [0.2, 0.25) is 0 Å². The number of rotatable bonds is 39. The number of aliphatic hydroxyl groups excluding tert-OH is 3. The molecule has 1 rings (SSSR count). The van der Waals surface area contributed by atoms with Crippen LogP contribution in [0.2, 0.25) is 0 Å². The maximum Gasteiger partial charge on any atom is 0.397 e. The quantitative estimate of drug-likeness (QED) is 0.0199. The molecule has 1 saturated heterocycles. The third kappa shape index (κ3) is 32.9. The number of unbranched alkanes of at least 4 members (excludes halogenated alkanes) is 12. The first-order chi connectivity index (χ1) is 30.1. The standard InChI is InChI=1S/C49H82O12S/c1-3-5-7-9-11-13-15-17-19-21-23-25-27-29-31-33-35-37-39-57-41-43(42-58-49-47(53)48(61-62(54,55)56)46(52)44(40-50)60-49)59-45(51)38-36-34-32-30-28-26-24-22-20-18-16-14-12-10-8-6-4-2/h5-8,11-14,17-20,24,26,43-44,46-50,52-53H,3-4,9-10,15-16,21-23,25,27-42H2,1-2H3,(H,54,55,56)/b7-5-,8-6-,13-11-,14-12-,19-17-,20-18-,26-24-. The van der Waals surface area contributed by atoms with Crippen molar-refractivity contribution >= 4 is 16.4 Å². The van der Waals surface area contributed by atoms with Gasteiger partial charge in [-0.05, 0) is 83.5 Å². The summed E-state index contributed by atoms with van der Waals surface area (Å²) >= 11 is 0. The Bertz CT molecular complexity index is 1400. The number of ether oxygens (including phenoxy) is 4. The Morgan fingerprint density at radius 2 is 1.06 bits per heavy atom. The molecule has 62 heavy (non-hydrogen) atoms. The molecule has 0 spiro atoms. The van der Waals surface area contributed by atoms with Crippen LogP contribution >= 0.6 is 0 Å². The Morgan fingerprint density at radius 3 is 1.55 bits per heavy atom. The largest absolute Gasteiger partial charge is 0.457 e. The van der Waals surface area contributed by atoms with Crippen LogP contribution in [0.25, 0.3) is 0 Å². The summed E-state index contributed by atoms with van der Waals surface area (Å²) in [7, 11) is -5.07. The molecule has 1 aliphatic heterocycles. The number of carbonyl (C=O) groups is 1. The minimum Gasteiger partial charge on any atom is -0.457 e. The first-order valence-corrected chi connectivity index (χ1v) is 24.7. The molecule has 12 nitrogen and oxygen atoms in total. The molecule has 0 aliphatic carbocycles. The molecule has 13 heteroatoms. The van der Waals surface area contributed by atoms with Crippen molar-refractivity contribution in [2.45, 2.75) is 192 Å². The van der Waals surface area contributed by atoms with E-state index >= 15 is 0 Å². The zero-order valence-electron chi connectivity index (χ0n) is 37.9. The van der Waals surface area contributed by atoms with Gasteiger partial charge in [-0.2, -0.15) is 8.42 Å². The van der Waals surface area contributed by atoms with Gasteiger partial charge in [0, 0.05) is 13.0 Å². The second-order valence-corrected chi connectivity index (χ2v) is 16.6. The maximum absolute atomic E-state index is 12.9. The average Bonchev–Trinajstić information content (AvgIpc) is 3.24. The molecule has 1 aliphatic rings. The minimum absolute atomic E-state index is 0.0153. The Labute approximate surface area is 374 Å².